The number of hydrogen-bond acceptors (Lipinski definition) is 9. The van der Waals surface area contributed by atoms with Crippen molar-refractivity contribution in [3.05, 3.63) is 51.2 Å². The SMILES string of the molecule is O=C(O)c1cc(O)c(=O)c2c(O)c(O)c(O)c(C3COc4cc(O)cc(O)c4C3)c2c1. The lowest BCUT2D eigenvalue weighted by molar-refractivity contribution is 0.0696. The minimum atomic E-state index is -1.48. The lowest BCUT2D eigenvalue weighted by Gasteiger charge is -2.28. The molecule has 1 aliphatic heterocycles. The first-order chi connectivity index (χ1) is 14.6. The van der Waals surface area contributed by atoms with Gasteiger partial charge in [-0.1, -0.05) is 0 Å². The van der Waals surface area contributed by atoms with E-state index in [2.05, 4.69) is 0 Å². The van der Waals surface area contributed by atoms with Crippen LogP contribution in [0, 0.1) is 0 Å². The topological polar surface area (TPSA) is 185 Å². The molecule has 0 saturated carbocycles. The van der Waals surface area contributed by atoms with E-state index in [-0.39, 0.29) is 46.8 Å². The van der Waals surface area contributed by atoms with Gasteiger partial charge in [0, 0.05) is 29.2 Å². The van der Waals surface area contributed by atoms with Crippen molar-refractivity contribution in [3.8, 4) is 40.2 Å². The second-order valence-electron chi connectivity index (χ2n) is 7.17. The Bertz CT molecular complexity index is 1330. The summed E-state index contributed by atoms with van der Waals surface area (Å²) in [6.07, 6.45) is 0.0233. The summed E-state index contributed by atoms with van der Waals surface area (Å²) in [5, 5.41) is 69.4. The van der Waals surface area contributed by atoms with Crippen molar-refractivity contribution in [3.63, 3.8) is 0 Å². The average molecular weight is 428 g/mol. The smallest absolute Gasteiger partial charge is 0.335 e. The molecule has 0 spiro atoms. The van der Waals surface area contributed by atoms with Crippen LogP contribution in [0.3, 0.4) is 0 Å². The van der Waals surface area contributed by atoms with Crippen molar-refractivity contribution < 1.29 is 45.3 Å². The van der Waals surface area contributed by atoms with Crippen LogP contribution in [0.25, 0.3) is 10.8 Å². The van der Waals surface area contributed by atoms with Gasteiger partial charge < -0.3 is 40.5 Å². The number of benzene rings is 2. The Labute approximate surface area is 173 Å². The minimum absolute atomic E-state index is 0.0233. The summed E-state index contributed by atoms with van der Waals surface area (Å²) in [6, 6.07) is 4.06. The number of ether oxygens (including phenoxy) is 1. The number of phenolic OH excluding ortho intramolecular Hbond substituents is 5. The zero-order valence-corrected chi connectivity index (χ0v) is 15.7. The lowest BCUT2D eigenvalue weighted by atomic mass is 9.86. The first-order valence-corrected chi connectivity index (χ1v) is 8.98. The lowest BCUT2D eigenvalue weighted by Crippen LogP contribution is -2.20. The van der Waals surface area contributed by atoms with Gasteiger partial charge in [-0.2, -0.15) is 0 Å². The zero-order valence-electron chi connectivity index (χ0n) is 15.7. The van der Waals surface area contributed by atoms with Gasteiger partial charge in [-0.05, 0) is 23.9 Å². The molecule has 0 aliphatic carbocycles. The van der Waals surface area contributed by atoms with Crippen LogP contribution in [0.5, 0.6) is 40.2 Å². The van der Waals surface area contributed by atoms with Crippen molar-refractivity contribution in [1.82, 2.24) is 0 Å². The predicted octanol–water partition coefficient (Wildman–Crippen LogP) is 1.85. The van der Waals surface area contributed by atoms with E-state index < -0.39 is 51.3 Å². The number of fused-ring (bicyclic) bond motifs is 2. The van der Waals surface area contributed by atoms with Crippen LogP contribution in [-0.4, -0.2) is 48.3 Å². The maximum Gasteiger partial charge on any atom is 0.335 e. The van der Waals surface area contributed by atoms with E-state index in [9.17, 15) is 45.3 Å². The number of carboxylic acid groups (broad SMARTS) is 1. The normalized spacial score (nSPS) is 15.3. The molecule has 0 saturated heterocycles. The third-order valence-corrected chi connectivity index (χ3v) is 5.27. The van der Waals surface area contributed by atoms with Crippen LogP contribution in [0.15, 0.2) is 29.1 Å². The fraction of sp³-hybridized carbons (Fsp3) is 0.143. The molecule has 0 bridgehead atoms. The fourth-order valence-electron chi connectivity index (χ4n) is 3.83. The van der Waals surface area contributed by atoms with Crippen molar-refractivity contribution in [2.75, 3.05) is 6.61 Å². The largest absolute Gasteiger partial charge is 0.508 e. The third-order valence-electron chi connectivity index (χ3n) is 5.27. The summed E-state index contributed by atoms with van der Waals surface area (Å²) in [4.78, 5) is 24.2. The quantitative estimate of drug-likeness (QED) is 0.297. The van der Waals surface area contributed by atoms with E-state index in [1.807, 2.05) is 0 Å². The molecule has 0 fully saturated rings. The molecule has 0 radical (unpaired) electrons. The molecule has 1 aliphatic rings. The van der Waals surface area contributed by atoms with Crippen LogP contribution < -0.4 is 10.2 Å². The maximum atomic E-state index is 12.6. The molecule has 160 valence electrons. The van der Waals surface area contributed by atoms with E-state index in [4.69, 9.17) is 4.74 Å². The molecular formula is C21H16O10. The van der Waals surface area contributed by atoms with Gasteiger partial charge in [0.05, 0.1) is 17.6 Å². The van der Waals surface area contributed by atoms with Crippen LogP contribution in [0.2, 0.25) is 0 Å². The Morgan fingerprint density at radius 3 is 2.29 bits per heavy atom. The molecule has 31 heavy (non-hydrogen) atoms. The Morgan fingerprint density at radius 1 is 0.903 bits per heavy atom. The number of aromatic hydroxyl groups is 6. The van der Waals surface area contributed by atoms with Gasteiger partial charge in [0.25, 0.3) is 0 Å². The van der Waals surface area contributed by atoms with Crippen LogP contribution >= 0.6 is 0 Å². The van der Waals surface area contributed by atoms with Gasteiger partial charge >= 0.3 is 5.97 Å². The van der Waals surface area contributed by atoms with Gasteiger partial charge in [0.15, 0.2) is 17.2 Å². The number of aromatic carboxylic acids is 1. The Morgan fingerprint density at radius 2 is 1.61 bits per heavy atom. The summed E-state index contributed by atoms with van der Waals surface area (Å²) in [6.45, 7) is -0.135. The molecule has 4 rings (SSSR count). The number of phenols is 5. The molecule has 7 N–H and O–H groups in total. The monoisotopic (exact) mass is 428 g/mol. The molecule has 0 amide bonds. The van der Waals surface area contributed by atoms with Gasteiger partial charge in [-0.25, -0.2) is 4.79 Å². The predicted molar refractivity (Wildman–Crippen MR) is 106 cm³/mol. The molecular weight excluding hydrogens is 412 g/mol. The van der Waals surface area contributed by atoms with Gasteiger partial charge in [-0.3, -0.25) is 4.79 Å². The highest BCUT2D eigenvalue weighted by Gasteiger charge is 2.31. The summed E-state index contributed by atoms with van der Waals surface area (Å²) >= 11 is 0. The molecule has 1 unspecified atom stereocenters. The number of hydrogen-bond donors (Lipinski definition) is 7. The molecule has 10 nitrogen and oxygen atoms in total. The van der Waals surface area contributed by atoms with Crippen LogP contribution in [-0.2, 0) is 6.42 Å². The number of carbonyl (C=O) groups is 1. The van der Waals surface area contributed by atoms with Crippen molar-refractivity contribution in [2.24, 2.45) is 0 Å². The van der Waals surface area contributed by atoms with Gasteiger partial charge in [0.1, 0.15) is 17.2 Å². The molecule has 1 atom stereocenters. The second-order valence-corrected chi connectivity index (χ2v) is 7.17. The first kappa shape index (κ1) is 20.0. The van der Waals surface area contributed by atoms with E-state index in [1.54, 1.807) is 0 Å². The second kappa shape index (κ2) is 6.87. The van der Waals surface area contributed by atoms with E-state index in [0.29, 0.717) is 6.07 Å². The van der Waals surface area contributed by atoms with Crippen molar-refractivity contribution >= 4 is 16.7 Å². The van der Waals surface area contributed by atoms with Gasteiger partial charge in [0.2, 0.25) is 11.2 Å². The molecule has 0 aromatic heterocycles. The number of carboxylic acids is 1. The van der Waals surface area contributed by atoms with Crippen molar-refractivity contribution in [2.45, 2.75) is 12.3 Å². The Kier molecular flexibility index (Phi) is 4.42. The van der Waals surface area contributed by atoms with Crippen LogP contribution in [0.1, 0.15) is 27.4 Å². The molecule has 10 heteroatoms. The maximum absolute atomic E-state index is 12.6. The summed E-state index contributed by atoms with van der Waals surface area (Å²) < 4.78 is 5.56. The molecule has 1 heterocycles. The third kappa shape index (κ3) is 3.05. The van der Waals surface area contributed by atoms with Crippen molar-refractivity contribution in [1.29, 1.82) is 0 Å². The highest BCUT2D eigenvalue weighted by molar-refractivity contribution is 6.00. The van der Waals surface area contributed by atoms with E-state index >= 15 is 0 Å². The highest BCUT2D eigenvalue weighted by atomic mass is 16.5. The van der Waals surface area contributed by atoms with E-state index in [1.165, 1.54) is 6.07 Å². The zero-order chi connectivity index (χ0) is 22.6. The Hall–Kier alpha value is -4.34. The van der Waals surface area contributed by atoms with Crippen LogP contribution in [0.4, 0.5) is 0 Å². The van der Waals surface area contributed by atoms with Gasteiger partial charge in [-0.15, -0.1) is 0 Å². The highest BCUT2D eigenvalue weighted by Crippen LogP contribution is 2.49. The summed E-state index contributed by atoms with van der Waals surface area (Å²) in [5.41, 5.74) is -1.49. The Balaban J connectivity index is 2.06. The molecule has 3 aromatic carbocycles. The summed E-state index contributed by atoms with van der Waals surface area (Å²) in [7, 11) is 0. The molecule has 3 aromatic rings. The minimum Gasteiger partial charge on any atom is -0.508 e. The fourth-order valence-corrected chi connectivity index (χ4v) is 3.83. The first-order valence-electron chi connectivity index (χ1n) is 8.98. The average Bonchev–Trinajstić information content (AvgIpc) is 2.83. The standard InChI is InChI=1S/C21H16O10/c22-9-4-12(23)10-2-8(6-31-14(10)5-9)15-11-1-7(21(29)30)3-13(24)17(25)16(11)19(27)20(28)18(15)26/h1,3-5,8,22-23,26-28H,2,6H2,(H,24,25)(H,29,30). The summed E-state index contributed by atoms with van der Waals surface area (Å²) in [5.74, 6) is -6.43. The van der Waals surface area contributed by atoms with E-state index in [0.717, 1.165) is 12.1 Å². The number of rotatable bonds is 2.